The van der Waals surface area contributed by atoms with Crippen molar-refractivity contribution in [3.63, 3.8) is 0 Å². The molecule has 0 unspecified atom stereocenters. The fourth-order valence-corrected chi connectivity index (χ4v) is 3.39. The fraction of sp³-hybridized carbons (Fsp3) is 0.222. The summed E-state index contributed by atoms with van der Waals surface area (Å²) in [5.74, 6) is 0.317. The summed E-state index contributed by atoms with van der Waals surface area (Å²) >= 11 is 3.37. The number of hydrogen-bond acceptors (Lipinski definition) is 4. The van der Waals surface area contributed by atoms with Crippen molar-refractivity contribution in [1.82, 2.24) is 9.55 Å². The van der Waals surface area contributed by atoms with E-state index in [0.717, 1.165) is 10.9 Å². The molecule has 130 valence electrons. The highest BCUT2D eigenvalue weighted by atomic mass is 79.9. The third-order valence-corrected chi connectivity index (χ3v) is 4.82. The Morgan fingerprint density at radius 1 is 1.16 bits per heavy atom. The smallest absolute Gasteiger partial charge is 0.258 e. The summed E-state index contributed by atoms with van der Waals surface area (Å²) in [6.45, 7) is 2.44. The van der Waals surface area contributed by atoms with Crippen LogP contribution in [0.3, 0.4) is 0 Å². The predicted octanol–water partition coefficient (Wildman–Crippen LogP) is 4.07. The maximum Gasteiger partial charge on any atom is 0.258 e. The molecule has 0 aliphatic heterocycles. The number of aryl methyl sites for hydroxylation is 1. The first-order chi connectivity index (χ1) is 12.0. The maximum absolute atomic E-state index is 13.9. The molecule has 0 spiro atoms. The molecule has 0 amide bonds. The molecule has 2 N–H and O–H groups in total. The largest absolute Gasteiger partial charge is 0.386 e. The molecule has 0 fully saturated rings. The van der Waals surface area contributed by atoms with Crippen LogP contribution < -0.4 is 16.2 Å². The molecule has 0 atom stereocenters. The number of nitrogens with one attached hydrogen (secondary N) is 2. The highest BCUT2D eigenvalue weighted by molar-refractivity contribution is 9.10. The van der Waals surface area contributed by atoms with E-state index in [1.807, 2.05) is 13.0 Å². The van der Waals surface area contributed by atoms with Gasteiger partial charge in [-0.25, -0.2) is 9.37 Å². The van der Waals surface area contributed by atoms with E-state index in [2.05, 4.69) is 31.5 Å². The van der Waals surface area contributed by atoms with E-state index in [4.69, 9.17) is 0 Å². The van der Waals surface area contributed by atoms with Crippen LogP contribution in [0.15, 0.2) is 39.7 Å². The van der Waals surface area contributed by atoms with Crippen LogP contribution in [0.5, 0.6) is 0 Å². The van der Waals surface area contributed by atoms with Gasteiger partial charge in [-0.1, -0.05) is 15.9 Å². The molecule has 0 radical (unpaired) electrons. The summed E-state index contributed by atoms with van der Waals surface area (Å²) in [7, 11) is 3.43. The second kappa shape index (κ2) is 6.84. The van der Waals surface area contributed by atoms with Gasteiger partial charge in [0, 0.05) is 53.9 Å². The summed E-state index contributed by atoms with van der Waals surface area (Å²) in [4.78, 5) is 17.4. The van der Waals surface area contributed by atoms with Crippen molar-refractivity contribution in [3.8, 4) is 11.1 Å². The molecule has 2 heterocycles. The molecule has 7 heteroatoms. The van der Waals surface area contributed by atoms with Crippen LogP contribution in [0, 0.1) is 5.82 Å². The van der Waals surface area contributed by atoms with E-state index < -0.39 is 0 Å². The lowest BCUT2D eigenvalue weighted by Crippen LogP contribution is -2.21. The Kier molecular flexibility index (Phi) is 4.76. The monoisotopic (exact) mass is 404 g/mol. The van der Waals surface area contributed by atoms with Gasteiger partial charge < -0.3 is 15.2 Å². The van der Waals surface area contributed by atoms with Crippen molar-refractivity contribution >= 4 is 38.3 Å². The molecular formula is C18H18BrFN4O. The third kappa shape index (κ3) is 3.00. The molecular weight excluding hydrogens is 387 g/mol. The minimum Gasteiger partial charge on any atom is -0.386 e. The van der Waals surface area contributed by atoms with E-state index in [9.17, 15) is 9.18 Å². The van der Waals surface area contributed by atoms with E-state index in [0.29, 0.717) is 33.6 Å². The standard InChI is InChI=1S/C18H18BrFN4O/c1-4-24-16-8-17(22-3)23-9-10(16)5-12(18(24)25)11-6-15(21-2)14(20)7-13(11)19/h5-9,21H,4H2,1-3H3,(H,22,23). The van der Waals surface area contributed by atoms with Crippen molar-refractivity contribution < 1.29 is 4.39 Å². The number of halogens is 2. The first-order valence-electron chi connectivity index (χ1n) is 7.88. The number of benzene rings is 1. The third-order valence-electron chi connectivity index (χ3n) is 4.17. The van der Waals surface area contributed by atoms with Crippen LogP contribution in [0.1, 0.15) is 6.92 Å². The normalized spacial score (nSPS) is 10.9. The van der Waals surface area contributed by atoms with E-state index in [-0.39, 0.29) is 11.4 Å². The van der Waals surface area contributed by atoms with Gasteiger partial charge in [0.25, 0.3) is 5.56 Å². The first kappa shape index (κ1) is 17.4. The van der Waals surface area contributed by atoms with E-state index in [1.165, 1.54) is 6.07 Å². The Hall–Kier alpha value is -2.41. The van der Waals surface area contributed by atoms with Crippen molar-refractivity contribution in [2.24, 2.45) is 0 Å². The lowest BCUT2D eigenvalue weighted by atomic mass is 10.0. The second-order valence-electron chi connectivity index (χ2n) is 5.55. The molecule has 5 nitrogen and oxygen atoms in total. The maximum atomic E-state index is 13.9. The van der Waals surface area contributed by atoms with Gasteiger partial charge in [0.1, 0.15) is 11.6 Å². The van der Waals surface area contributed by atoms with Crippen molar-refractivity contribution in [3.05, 3.63) is 51.1 Å². The van der Waals surface area contributed by atoms with E-state index >= 15 is 0 Å². The Bertz CT molecular complexity index is 1020. The van der Waals surface area contributed by atoms with Gasteiger partial charge in [-0.2, -0.15) is 0 Å². The van der Waals surface area contributed by atoms with Crippen LogP contribution in [-0.4, -0.2) is 23.6 Å². The van der Waals surface area contributed by atoms with Gasteiger partial charge in [-0.3, -0.25) is 4.79 Å². The average Bonchev–Trinajstić information content (AvgIpc) is 2.61. The number of aromatic nitrogens is 2. The molecule has 0 aliphatic carbocycles. The number of fused-ring (bicyclic) bond motifs is 1. The van der Waals surface area contributed by atoms with Gasteiger partial charge in [0.15, 0.2) is 0 Å². The van der Waals surface area contributed by atoms with Gasteiger partial charge >= 0.3 is 0 Å². The summed E-state index contributed by atoms with van der Waals surface area (Å²) in [6.07, 6.45) is 1.73. The lowest BCUT2D eigenvalue weighted by Gasteiger charge is -2.14. The number of anilines is 2. The number of nitrogens with zero attached hydrogens (tertiary/aromatic N) is 2. The summed E-state index contributed by atoms with van der Waals surface area (Å²) in [5, 5.41) is 6.64. The average molecular weight is 405 g/mol. The van der Waals surface area contributed by atoms with Crippen molar-refractivity contribution in [2.75, 3.05) is 24.7 Å². The number of hydrogen-bond donors (Lipinski definition) is 2. The molecule has 0 aliphatic rings. The van der Waals surface area contributed by atoms with Crippen molar-refractivity contribution in [1.29, 1.82) is 0 Å². The van der Waals surface area contributed by atoms with Gasteiger partial charge in [-0.05, 0) is 25.1 Å². The second-order valence-corrected chi connectivity index (χ2v) is 6.40. The summed E-state index contributed by atoms with van der Waals surface area (Å²) in [6, 6.07) is 6.65. The zero-order chi connectivity index (χ0) is 18.1. The minimum atomic E-state index is -0.380. The molecule has 0 saturated heterocycles. The summed E-state index contributed by atoms with van der Waals surface area (Å²) < 4.78 is 16.2. The predicted molar refractivity (Wildman–Crippen MR) is 104 cm³/mol. The Labute approximate surface area is 153 Å². The van der Waals surface area contributed by atoms with Crippen LogP contribution in [-0.2, 0) is 6.54 Å². The zero-order valence-electron chi connectivity index (χ0n) is 14.2. The number of pyridine rings is 2. The molecule has 25 heavy (non-hydrogen) atoms. The highest BCUT2D eigenvalue weighted by Crippen LogP contribution is 2.32. The SMILES string of the molecule is CCn1c(=O)c(-c2cc(NC)c(F)cc2Br)cc2cnc(NC)cc21. The molecule has 0 saturated carbocycles. The molecule has 3 aromatic rings. The van der Waals surface area contributed by atoms with Crippen LogP contribution in [0.2, 0.25) is 0 Å². The Balaban J connectivity index is 2.35. The van der Waals surface area contributed by atoms with Gasteiger partial charge in [-0.15, -0.1) is 0 Å². The van der Waals surface area contributed by atoms with Gasteiger partial charge in [0.2, 0.25) is 0 Å². The van der Waals surface area contributed by atoms with E-state index in [1.54, 1.807) is 37.0 Å². The van der Waals surface area contributed by atoms with Crippen LogP contribution in [0.25, 0.3) is 22.0 Å². The summed E-state index contributed by atoms with van der Waals surface area (Å²) in [5.41, 5.74) is 2.15. The Morgan fingerprint density at radius 3 is 2.56 bits per heavy atom. The highest BCUT2D eigenvalue weighted by Gasteiger charge is 2.16. The van der Waals surface area contributed by atoms with Crippen LogP contribution in [0.4, 0.5) is 15.9 Å². The Morgan fingerprint density at radius 2 is 1.92 bits per heavy atom. The zero-order valence-corrected chi connectivity index (χ0v) is 15.7. The molecule has 2 aromatic heterocycles. The van der Waals surface area contributed by atoms with Crippen LogP contribution >= 0.6 is 15.9 Å². The first-order valence-corrected chi connectivity index (χ1v) is 8.68. The molecule has 0 bridgehead atoms. The van der Waals surface area contributed by atoms with Crippen molar-refractivity contribution in [2.45, 2.75) is 13.5 Å². The number of rotatable bonds is 4. The van der Waals surface area contributed by atoms with Gasteiger partial charge in [0.05, 0.1) is 11.2 Å². The molecule has 3 rings (SSSR count). The lowest BCUT2D eigenvalue weighted by molar-refractivity contribution is 0.630. The quantitative estimate of drug-likeness (QED) is 0.687. The molecule has 1 aromatic carbocycles. The fourth-order valence-electron chi connectivity index (χ4n) is 2.86. The minimum absolute atomic E-state index is 0.127. The topological polar surface area (TPSA) is 59.0 Å².